The molecule has 1 aromatic heterocycles. The number of aliphatic hydroxyl groups excluding tert-OH is 1. The van der Waals surface area contributed by atoms with Gasteiger partial charge >= 0.3 is 0 Å². The fraction of sp³-hybridized carbons (Fsp3) is 0.500. The van der Waals surface area contributed by atoms with Crippen LogP contribution in [0.2, 0.25) is 5.15 Å². The summed E-state index contributed by atoms with van der Waals surface area (Å²) in [5, 5.41) is 9.61. The first-order valence-corrected chi connectivity index (χ1v) is 3.36. The molecule has 0 saturated heterocycles. The van der Waals surface area contributed by atoms with E-state index in [1.165, 1.54) is 6.20 Å². The monoisotopic (exact) mass is 160 g/mol. The third-order valence-corrected chi connectivity index (χ3v) is 1.69. The standard InChI is InChI=1S/C6H9ClN2O/c1-4(10)6-8-3-5(7)9(6)2/h3-4,10H,1-2H3. The normalized spacial score (nSPS) is 13.6. The van der Waals surface area contributed by atoms with Crippen LogP contribution >= 0.6 is 11.6 Å². The molecule has 1 atom stereocenters. The second-order valence-corrected chi connectivity index (χ2v) is 2.56. The minimum atomic E-state index is -0.558. The highest BCUT2D eigenvalue weighted by atomic mass is 35.5. The van der Waals surface area contributed by atoms with Gasteiger partial charge < -0.3 is 9.67 Å². The molecule has 0 aromatic carbocycles. The Bertz CT molecular complexity index is 232. The molecule has 0 fully saturated rings. The first kappa shape index (κ1) is 7.57. The number of halogens is 1. The summed E-state index contributed by atoms with van der Waals surface area (Å²) in [6.07, 6.45) is 0.960. The Balaban J connectivity index is 3.05. The van der Waals surface area contributed by atoms with Gasteiger partial charge in [0.2, 0.25) is 0 Å². The Hall–Kier alpha value is -0.540. The largest absolute Gasteiger partial charge is 0.385 e. The van der Waals surface area contributed by atoms with Crippen molar-refractivity contribution in [2.75, 3.05) is 0 Å². The van der Waals surface area contributed by atoms with Crippen LogP contribution in [-0.2, 0) is 7.05 Å². The van der Waals surface area contributed by atoms with Crippen molar-refractivity contribution in [3.05, 3.63) is 17.2 Å². The van der Waals surface area contributed by atoms with E-state index in [-0.39, 0.29) is 0 Å². The molecule has 0 radical (unpaired) electrons. The van der Waals surface area contributed by atoms with Crippen LogP contribution < -0.4 is 0 Å². The first-order chi connectivity index (χ1) is 4.63. The lowest BCUT2D eigenvalue weighted by molar-refractivity contribution is 0.185. The van der Waals surface area contributed by atoms with Crippen molar-refractivity contribution >= 4 is 11.6 Å². The molecule has 1 unspecified atom stereocenters. The Morgan fingerprint density at radius 3 is 2.60 bits per heavy atom. The molecule has 0 spiro atoms. The van der Waals surface area contributed by atoms with E-state index in [1.807, 2.05) is 0 Å². The molecular formula is C6H9ClN2O. The lowest BCUT2D eigenvalue weighted by Gasteiger charge is -2.03. The molecule has 1 rings (SSSR count). The van der Waals surface area contributed by atoms with Crippen LogP contribution in [0.3, 0.4) is 0 Å². The summed E-state index contributed by atoms with van der Waals surface area (Å²) in [6, 6.07) is 0. The van der Waals surface area contributed by atoms with Gasteiger partial charge in [-0.25, -0.2) is 4.98 Å². The predicted octanol–water partition coefficient (Wildman–Crippen LogP) is 1.13. The minimum Gasteiger partial charge on any atom is -0.385 e. The van der Waals surface area contributed by atoms with Crippen LogP contribution in [0.4, 0.5) is 0 Å². The van der Waals surface area contributed by atoms with Gasteiger partial charge in [0.25, 0.3) is 0 Å². The molecule has 0 aliphatic rings. The molecule has 1 heterocycles. The fourth-order valence-corrected chi connectivity index (χ4v) is 0.926. The average molecular weight is 161 g/mol. The molecule has 1 N–H and O–H groups in total. The zero-order valence-corrected chi connectivity index (χ0v) is 6.63. The van der Waals surface area contributed by atoms with Crippen molar-refractivity contribution in [2.24, 2.45) is 7.05 Å². The number of rotatable bonds is 1. The maximum absolute atomic E-state index is 9.08. The quantitative estimate of drug-likeness (QED) is 0.669. The average Bonchev–Trinajstić information content (AvgIpc) is 2.14. The molecule has 4 heteroatoms. The highest BCUT2D eigenvalue weighted by Crippen LogP contribution is 2.14. The SMILES string of the molecule is CC(O)c1ncc(Cl)n1C. The van der Waals surface area contributed by atoms with Gasteiger partial charge in [-0.2, -0.15) is 0 Å². The van der Waals surface area contributed by atoms with Gasteiger partial charge in [0.1, 0.15) is 17.1 Å². The second kappa shape index (κ2) is 2.60. The van der Waals surface area contributed by atoms with Crippen LogP contribution in [0.1, 0.15) is 18.9 Å². The predicted molar refractivity (Wildman–Crippen MR) is 38.9 cm³/mol. The maximum atomic E-state index is 9.08. The fourth-order valence-electron chi connectivity index (χ4n) is 0.790. The molecule has 0 aliphatic carbocycles. The Kier molecular flexibility index (Phi) is 1.97. The van der Waals surface area contributed by atoms with E-state index in [0.29, 0.717) is 11.0 Å². The summed E-state index contributed by atoms with van der Waals surface area (Å²) < 4.78 is 1.65. The summed E-state index contributed by atoms with van der Waals surface area (Å²) in [4.78, 5) is 3.90. The Labute approximate surface area is 64.3 Å². The number of nitrogens with zero attached hydrogens (tertiary/aromatic N) is 2. The van der Waals surface area contributed by atoms with Crippen molar-refractivity contribution in [2.45, 2.75) is 13.0 Å². The number of hydrogen-bond acceptors (Lipinski definition) is 2. The lowest BCUT2D eigenvalue weighted by Crippen LogP contribution is -2.01. The van der Waals surface area contributed by atoms with Crippen molar-refractivity contribution in [1.82, 2.24) is 9.55 Å². The van der Waals surface area contributed by atoms with E-state index in [1.54, 1.807) is 18.5 Å². The van der Waals surface area contributed by atoms with E-state index in [0.717, 1.165) is 0 Å². The van der Waals surface area contributed by atoms with E-state index >= 15 is 0 Å². The molecule has 0 saturated carbocycles. The van der Waals surface area contributed by atoms with Crippen molar-refractivity contribution < 1.29 is 5.11 Å². The summed E-state index contributed by atoms with van der Waals surface area (Å²) in [6.45, 7) is 1.65. The highest BCUT2D eigenvalue weighted by Gasteiger charge is 2.08. The number of hydrogen-bond donors (Lipinski definition) is 1. The molecular weight excluding hydrogens is 152 g/mol. The number of imidazole rings is 1. The maximum Gasteiger partial charge on any atom is 0.138 e. The molecule has 56 valence electrons. The third-order valence-electron chi connectivity index (χ3n) is 1.34. The molecule has 0 amide bonds. The van der Waals surface area contributed by atoms with Crippen molar-refractivity contribution in [3.8, 4) is 0 Å². The van der Waals surface area contributed by atoms with Crippen molar-refractivity contribution in [3.63, 3.8) is 0 Å². The van der Waals surface area contributed by atoms with Crippen molar-refractivity contribution in [1.29, 1.82) is 0 Å². The van der Waals surface area contributed by atoms with E-state index in [4.69, 9.17) is 16.7 Å². The number of aliphatic hydroxyl groups is 1. The van der Waals surface area contributed by atoms with Crippen LogP contribution in [-0.4, -0.2) is 14.7 Å². The van der Waals surface area contributed by atoms with Gasteiger partial charge in [0.15, 0.2) is 0 Å². The topological polar surface area (TPSA) is 38.1 Å². The first-order valence-electron chi connectivity index (χ1n) is 2.98. The van der Waals surface area contributed by atoms with Crippen LogP contribution in [0.25, 0.3) is 0 Å². The lowest BCUT2D eigenvalue weighted by atomic mass is 10.4. The van der Waals surface area contributed by atoms with Gasteiger partial charge in [0, 0.05) is 7.05 Å². The molecule has 10 heavy (non-hydrogen) atoms. The zero-order chi connectivity index (χ0) is 7.72. The summed E-state index contributed by atoms with van der Waals surface area (Å²) in [5.41, 5.74) is 0. The molecule has 0 bridgehead atoms. The van der Waals surface area contributed by atoms with E-state index in [9.17, 15) is 0 Å². The van der Waals surface area contributed by atoms with Crippen LogP contribution in [0, 0.1) is 0 Å². The van der Waals surface area contributed by atoms with E-state index in [2.05, 4.69) is 4.98 Å². The molecule has 1 aromatic rings. The van der Waals surface area contributed by atoms with Crippen LogP contribution in [0.15, 0.2) is 6.20 Å². The summed E-state index contributed by atoms with van der Waals surface area (Å²) in [5.74, 6) is 0.588. The van der Waals surface area contributed by atoms with Gasteiger partial charge in [0.05, 0.1) is 6.20 Å². The van der Waals surface area contributed by atoms with Gasteiger partial charge in [-0.3, -0.25) is 0 Å². The smallest absolute Gasteiger partial charge is 0.138 e. The minimum absolute atomic E-state index is 0.538. The molecule has 3 nitrogen and oxygen atoms in total. The van der Waals surface area contributed by atoms with Gasteiger partial charge in [-0.1, -0.05) is 11.6 Å². The van der Waals surface area contributed by atoms with Crippen LogP contribution in [0.5, 0.6) is 0 Å². The highest BCUT2D eigenvalue weighted by molar-refractivity contribution is 6.29. The summed E-state index contributed by atoms with van der Waals surface area (Å²) >= 11 is 5.66. The Morgan fingerprint density at radius 2 is 2.40 bits per heavy atom. The molecule has 0 aliphatic heterocycles. The third kappa shape index (κ3) is 1.15. The van der Waals surface area contributed by atoms with Gasteiger partial charge in [-0.05, 0) is 6.92 Å². The summed E-state index contributed by atoms with van der Waals surface area (Å²) in [7, 11) is 1.76. The zero-order valence-electron chi connectivity index (χ0n) is 5.87. The second-order valence-electron chi connectivity index (χ2n) is 2.17. The Morgan fingerprint density at radius 1 is 1.80 bits per heavy atom. The van der Waals surface area contributed by atoms with Gasteiger partial charge in [-0.15, -0.1) is 0 Å². The number of aromatic nitrogens is 2. The van der Waals surface area contributed by atoms with E-state index < -0.39 is 6.10 Å².